The van der Waals surface area contributed by atoms with Gasteiger partial charge in [-0.05, 0) is 48.4 Å². The Morgan fingerprint density at radius 1 is 1.14 bits per heavy atom. The predicted molar refractivity (Wildman–Crippen MR) is 114 cm³/mol. The lowest BCUT2D eigenvalue weighted by atomic mass is 10.0. The zero-order chi connectivity index (χ0) is 20.2. The molecule has 0 bridgehead atoms. The van der Waals surface area contributed by atoms with Crippen molar-refractivity contribution in [1.29, 1.82) is 0 Å². The van der Waals surface area contributed by atoms with Gasteiger partial charge in [0.25, 0.3) is 0 Å². The molecular formula is C23H18FN3OS. The van der Waals surface area contributed by atoms with Crippen molar-refractivity contribution in [3.05, 3.63) is 94.9 Å². The van der Waals surface area contributed by atoms with Crippen molar-refractivity contribution >= 4 is 27.9 Å². The SMILES string of the molecule is Cc1ccc(CC(=O)c2cccc(F)c2)cc1Nc1nc(-c2cccnc2)cs1. The molecular weight excluding hydrogens is 385 g/mol. The minimum absolute atomic E-state index is 0.118. The number of nitrogens with one attached hydrogen (secondary N) is 1. The standard InChI is InChI=1S/C23H18FN3OS/c1-15-7-8-16(11-22(28)17-4-2-6-19(24)12-17)10-20(15)26-23-27-21(14-29-23)18-5-3-9-25-13-18/h2-10,12-14H,11H2,1H3,(H,26,27). The van der Waals surface area contributed by atoms with Gasteiger partial charge in [0.05, 0.1) is 5.69 Å². The molecule has 4 aromatic rings. The first-order valence-electron chi connectivity index (χ1n) is 9.10. The number of anilines is 2. The number of rotatable bonds is 6. The molecule has 0 spiro atoms. The fraction of sp³-hybridized carbons (Fsp3) is 0.0870. The predicted octanol–water partition coefficient (Wildman–Crippen LogP) is 5.82. The number of ketones is 1. The normalized spacial score (nSPS) is 10.7. The van der Waals surface area contributed by atoms with Gasteiger partial charge in [0.1, 0.15) is 5.82 Å². The molecule has 0 amide bonds. The van der Waals surface area contributed by atoms with E-state index in [1.165, 1.54) is 23.5 Å². The van der Waals surface area contributed by atoms with Crippen molar-refractivity contribution in [2.75, 3.05) is 5.32 Å². The molecule has 6 heteroatoms. The molecule has 2 aromatic carbocycles. The molecule has 0 fully saturated rings. The number of halogens is 1. The van der Waals surface area contributed by atoms with Gasteiger partial charge in [0.15, 0.2) is 10.9 Å². The third kappa shape index (κ3) is 4.55. The largest absolute Gasteiger partial charge is 0.331 e. The third-order valence-electron chi connectivity index (χ3n) is 4.52. The molecule has 1 N–H and O–H groups in total. The molecule has 2 heterocycles. The Morgan fingerprint density at radius 3 is 2.83 bits per heavy atom. The van der Waals surface area contributed by atoms with E-state index in [0.29, 0.717) is 5.56 Å². The van der Waals surface area contributed by atoms with E-state index in [0.717, 1.165) is 33.2 Å². The molecule has 0 radical (unpaired) electrons. The Hall–Kier alpha value is -3.38. The van der Waals surface area contributed by atoms with Gasteiger partial charge in [-0.1, -0.05) is 24.3 Å². The summed E-state index contributed by atoms with van der Waals surface area (Å²) in [6, 6.07) is 15.5. The zero-order valence-corrected chi connectivity index (χ0v) is 16.5. The molecule has 4 nitrogen and oxygen atoms in total. The number of benzene rings is 2. The molecule has 0 saturated heterocycles. The fourth-order valence-electron chi connectivity index (χ4n) is 2.96. The van der Waals surface area contributed by atoms with Crippen molar-refractivity contribution < 1.29 is 9.18 Å². The summed E-state index contributed by atoms with van der Waals surface area (Å²) in [5, 5.41) is 6.08. The topological polar surface area (TPSA) is 54.9 Å². The summed E-state index contributed by atoms with van der Waals surface area (Å²) in [5.74, 6) is -0.525. The lowest BCUT2D eigenvalue weighted by Crippen LogP contribution is -2.04. The second kappa shape index (κ2) is 8.32. The number of aryl methyl sites for hydroxylation is 1. The van der Waals surface area contributed by atoms with E-state index in [4.69, 9.17) is 0 Å². The van der Waals surface area contributed by atoms with Gasteiger partial charge < -0.3 is 5.32 Å². The number of carbonyl (C=O) groups excluding carboxylic acids is 1. The second-order valence-corrected chi connectivity index (χ2v) is 7.52. The molecule has 0 unspecified atom stereocenters. The maximum absolute atomic E-state index is 13.4. The lowest BCUT2D eigenvalue weighted by molar-refractivity contribution is 0.0992. The molecule has 4 rings (SSSR count). The number of nitrogens with zero attached hydrogens (tertiary/aromatic N) is 2. The van der Waals surface area contributed by atoms with Crippen LogP contribution in [0.3, 0.4) is 0 Å². The summed E-state index contributed by atoms with van der Waals surface area (Å²) in [4.78, 5) is 21.2. The Balaban J connectivity index is 1.52. The van der Waals surface area contributed by atoms with Crippen molar-refractivity contribution in [2.45, 2.75) is 13.3 Å². The molecule has 0 saturated carbocycles. The number of carbonyl (C=O) groups is 1. The second-order valence-electron chi connectivity index (χ2n) is 6.66. The Kier molecular flexibility index (Phi) is 5.44. The summed E-state index contributed by atoms with van der Waals surface area (Å²) < 4.78 is 13.4. The monoisotopic (exact) mass is 403 g/mol. The van der Waals surface area contributed by atoms with Gasteiger partial charge in [-0.3, -0.25) is 9.78 Å². The maximum Gasteiger partial charge on any atom is 0.187 e. The van der Waals surface area contributed by atoms with Crippen LogP contribution in [0.2, 0.25) is 0 Å². The molecule has 0 aliphatic rings. The number of thiazole rings is 1. The first kappa shape index (κ1) is 19.0. The zero-order valence-electron chi connectivity index (χ0n) is 15.7. The average Bonchev–Trinajstić information content (AvgIpc) is 3.20. The number of hydrogen-bond donors (Lipinski definition) is 1. The van der Waals surface area contributed by atoms with Gasteiger partial charge in [-0.15, -0.1) is 11.3 Å². The van der Waals surface area contributed by atoms with Crippen LogP contribution in [-0.2, 0) is 6.42 Å². The quantitative estimate of drug-likeness (QED) is 0.412. The first-order chi connectivity index (χ1) is 14.1. The average molecular weight is 403 g/mol. The van der Waals surface area contributed by atoms with E-state index in [1.807, 2.05) is 42.6 Å². The van der Waals surface area contributed by atoms with Crippen molar-refractivity contribution in [2.24, 2.45) is 0 Å². The van der Waals surface area contributed by atoms with E-state index >= 15 is 0 Å². The number of aromatic nitrogens is 2. The number of pyridine rings is 1. The van der Waals surface area contributed by atoms with Gasteiger partial charge in [0, 0.05) is 41.0 Å². The van der Waals surface area contributed by atoms with Crippen LogP contribution in [0.1, 0.15) is 21.5 Å². The molecule has 0 aliphatic heterocycles. The minimum Gasteiger partial charge on any atom is -0.331 e. The smallest absolute Gasteiger partial charge is 0.187 e. The van der Waals surface area contributed by atoms with Gasteiger partial charge >= 0.3 is 0 Å². The van der Waals surface area contributed by atoms with Crippen LogP contribution in [0.4, 0.5) is 15.2 Å². The highest BCUT2D eigenvalue weighted by molar-refractivity contribution is 7.14. The van der Waals surface area contributed by atoms with Crippen LogP contribution in [-0.4, -0.2) is 15.8 Å². The van der Waals surface area contributed by atoms with Gasteiger partial charge in [0.2, 0.25) is 0 Å². The maximum atomic E-state index is 13.4. The lowest BCUT2D eigenvalue weighted by Gasteiger charge is -2.10. The van der Waals surface area contributed by atoms with Crippen molar-refractivity contribution in [1.82, 2.24) is 9.97 Å². The van der Waals surface area contributed by atoms with E-state index in [-0.39, 0.29) is 12.2 Å². The van der Waals surface area contributed by atoms with E-state index < -0.39 is 5.82 Å². The summed E-state index contributed by atoms with van der Waals surface area (Å²) in [6.07, 6.45) is 3.72. The van der Waals surface area contributed by atoms with Crippen molar-refractivity contribution in [3.63, 3.8) is 0 Å². The van der Waals surface area contributed by atoms with Crippen LogP contribution >= 0.6 is 11.3 Å². The fourth-order valence-corrected chi connectivity index (χ4v) is 3.69. The molecule has 0 aliphatic carbocycles. The summed E-state index contributed by atoms with van der Waals surface area (Å²) >= 11 is 1.51. The summed E-state index contributed by atoms with van der Waals surface area (Å²) in [5.41, 5.74) is 4.99. The van der Waals surface area contributed by atoms with Crippen LogP contribution < -0.4 is 5.32 Å². The molecule has 144 valence electrons. The van der Waals surface area contributed by atoms with Crippen LogP contribution in [0.15, 0.2) is 72.4 Å². The van der Waals surface area contributed by atoms with Crippen LogP contribution in [0, 0.1) is 12.7 Å². The van der Waals surface area contributed by atoms with E-state index in [2.05, 4.69) is 15.3 Å². The highest BCUT2D eigenvalue weighted by atomic mass is 32.1. The third-order valence-corrected chi connectivity index (χ3v) is 5.27. The van der Waals surface area contributed by atoms with E-state index in [1.54, 1.807) is 24.5 Å². The Morgan fingerprint density at radius 2 is 2.03 bits per heavy atom. The highest BCUT2D eigenvalue weighted by Crippen LogP contribution is 2.28. The highest BCUT2D eigenvalue weighted by Gasteiger charge is 2.11. The van der Waals surface area contributed by atoms with Crippen LogP contribution in [0.25, 0.3) is 11.3 Å². The molecule has 29 heavy (non-hydrogen) atoms. The number of hydrogen-bond acceptors (Lipinski definition) is 5. The van der Waals surface area contributed by atoms with E-state index in [9.17, 15) is 9.18 Å². The first-order valence-corrected chi connectivity index (χ1v) is 9.98. The summed E-state index contributed by atoms with van der Waals surface area (Å²) in [7, 11) is 0. The Labute approximate surface area is 172 Å². The molecule has 2 aromatic heterocycles. The number of Topliss-reactive ketones (excluding diaryl/α,β-unsaturated/α-hetero) is 1. The molecule has 0 atom stereocenters. The van der Waals surface area contributed by atoms with Gasteiger partial charge in [-0.2, -0.15) is 0 Å². The van der Waals surface area contributed by atoms with Crippen molar-refractivity contribution in [3.8, 4) is 11.3 Å². The minimum atomic E-state index is -0.407. The van der Waals surface area contributed by atoms with Crippen LogP contribution in [0.5, 0.6) is 0 Å². The van der Waals surface area contributed by atoms with Gasteiger partial charge in [-0.25, -0.2) is 9.37 Å². The summed E-state index contributed by atoms with van der Waals surface area (Å²) in [6.45, 7) is 2.00. The Bertz CT molecular complexity index is 1160.